The van der Waals surface area contributed by atoms with Gasteiger partial charge in [0, 0.05) is 35.9 Å². The van der Waals surface area contributed by atoms with Gasteiger partial charge in [0.2, 0.25) is 0 Å². The van der Waals surface area contributed by atoms with Crippen molar-refractivity contribution in [1.29, 1.82) is 0 Å². The molecule has 0 saturated heterocycles. The van der Waals surface area contributed by atoms with E-state index in [-0.39, 0.29) is 12.5 Å². The zero-order valence-electron chi connectivity index (χ0n) is 15.9. The summed E-state index contributed by atoms with van der Waals surface area (Å²) in [7, 11) is 3.29. The Labute approximate surface area is 172 Å². The van der Waals surface area contributed by atoms with Crippen LogP contribution in [0.4, 0.5) is 5.69 Å². The van der Waals surface area contributed by atoms with Crippen LogP contribution in [0.2, 0.25) is 5.02 Å². The molecule has 0 radical (unpaired) electrons. The van der Waals surface area contributed by atoms with Gasteiger partial charge in [-0.25, -0.2) is 0 Å². The molecular weight excluding hydrogens is 398 g/mol. The number of esters is 1. The molecule has 9 heteroatoms. The number of amides is 3. The first kappa shape index (κ1) is 21.9. The second-order valence-corrected chi connectivity index (χ2v) is 6.61. The Morgan fingerprint density at radius 2 is 1.52 bits per heavy atom. The minimum atomic E-state index is -0.755. The molecule has 0 aromatic heterocycles. The predicted octanol–water partition coefficient (Wildman–Crippen LogP) is 1.95. The Kier molecular flexibility index (Phi) is 7.73. The highest BCUT2D eigenvalue weighted by molar-refractivity contribution is 6.30. The number of rotatable bonds is 7. The highest BCUT2D eigenvalue weighted by Crippen LogP contribution is 2.11. The van der Waals surface area contributed by atoms with Crippen molar-refractivity contribution in [3.8, 4) is 0 Å². The second-order valence-electron chi connectivity index (χ2n) is 6.18. The van der Waals surface area contributed by atoms with Crippen LogP contribution in [0.5, 0.6) is 0 Å². The smallest absolute Gasteiger partial charge is 0.325 e. The van der Waals surface area contributed by atoms with Crippen molar-refractivity contribution in [3.63, 3.8) is 0 Å². The number of hydrogen-bond acceptors (Lipinski definition) is 5. The summed E-state index contributed by atoms with van der Waals surface area (Å²) < 4.78 is 4.83. The van der Waals surface area contributed by atoms with E-state index in [1.54, 1.807) is 50.5 Å². The van der Waals surface area contributed by atoms with Gasteiger partial charge in [-0.15, -0.1) is 0 Å². The first-order valence-electron chi connectivity index (χ1n) is 8.57. The van der Waals surface area contributed by atoms with E-state index >= 15 is 0 Å². The lowest BCUT2D eigenvalue weighted by Crippen LogP contribution is -2.32. The topological polar surface area (TPSA) is 105 Å². The van der Waals surface area contributed by atoms with Crippen LogP contribution < -0.4 is 10.6 Å². The van der Waals surface area contributed by atoms with Crippen LogP contribution in [0, 0.1) is 0 Å². The molecule has 0 saturated carbocycles. The molecule has 0 aliphatic heterocycles. The van der Waals surface area contributed by atoms with Gasteiger partial charge in [-0.3, -0.25) is 19.2 Å². The molecule has 0 spiro atoms. The predicted molar refractivity (Wildman–Crippen MR) is 108 cm³/mol. The molecule has 0 atom stereocenters. The molecule has 8 nitrogen and oxygen atoms in total. The Balaban J connectivity index is 1.74. The lowest BCUT2D eigenvalue weighted by atomic mass is 10.2. The first-order valence-corrected chi connectivity index (χ1v) is 8.95. The summed E-state index contributed by atoms with van der Waals surface area (Å²) in [5.41, 5.74) is 1.28. The Bertz CT molecular complexity index is 895. The molecule has 2 rings (SSSR count). The van der Waals surface area contributed by atoms with Crippen LogP contribution in [0.1, 0.15) is 20.7 Å². The van der Waals surface area contributed by atoms with Crippen molar-refractivity contribution in [1.82, 2.24) is 10.2 Å². The quantitative estimate of drug-likeness (QED) is 0.670. The van der Waals surface area contributed by atoms with E-state index in [0.29, 0.717) is 21.8 Å². The molecule has 0 fully saturated rings. The SMILES string of the molecule is CN(C)C(=O)c1ccc(NC(=O)COC(=O)CNC(=O)c2ccc(Cl)cc2)cc1. The number of ether oxygens (including phenoxy) is 1. The maximum absolute atomic E-state index is 11.9. The fourth-order valence-corrected chi connectivity index (χ4v) is 2.33. The highest BCUT2D eigenvalue weighted by atomic mass is 35.5. The monoisotopic (exact) mass is 417 g/mol. The van der Waals surface area contributed by atoms with Gasteiger partial charge in [0.1, 0.15) is 6.54 Å². The van der Waals surface area contributed by atoms with E-state index < -0.39 is 24.4 Å². The lowest BCUT2D eigenvalue weighted by molar-refractivity contribution is -0.146. The fraction of sp³-hybridized carbons (Fsp3) is 0.200. The molecule has 0 bridgehead atoms. The van der Waals surface area contributed by atoms with Crippen molar-refractivity contribution in [2.75, 3.05) is 32.6 Å². The number of halogens is 1. The van der Waals surface area contributed by atoms with Crippen molar-refractivity contribution < 1.29 is 23.9 Å². The summed E-state index contributed by atoms with van der Waals surface area (Å²) in [5, 5.41) is 5.43. The van der Waals surface area contributed by atoms with E-state index in [1.807, 2.05) is 0 Å². The van der Waals surface area contributed by atoms with Crippen molar-refractivity contribution >= 4 is 41.0 Å². The highest BCUT2D eigenvalue weighted by Gasteiger charge is 2.12. The van der Waals surface area contributed by atoms with E-state index in [4.69, 9.17) is 16.3 Å². The maximum atomic E-state index is 11.9. The summed E-state index contributed by atoms with van der Waals surface area (Å²) in [4.78, 5) is 48.7. The van der Waals surface area contributed by atoms with Gasteiger partial charge in [-0.1, -0.05) is 11.6 Å². The summed E-state index contributed by atoms with van der Waals surface area (Å²) in [6.45, 7) is -0.885. The lowest BCUT2D eigenvalue weighted by Gasteiger charge is -2.11. The molecule has 0 unspecified atom stereocenters. The summed E-state index contributed by atoms with van der Waals surface area (Å²) in [5.74, 6) is -1.92. The van der Waals surface area contributed by atoms with Crippen LogP contribution in [0.15, 0.2) is 48.5 Å². The standard InChI is InChI=1S/C20H20ClN3O5/c1-24(2)20(28)14-5-9-16(10-6-14)23-17(25)12-29-18(26)11-22-19(27)13-3-7-15(21)8-4-13/h3-10H,11-12H2,1-2H3,(H,22,27)(H,23,25). The van der Waals surface area contributed by atoms with E-state index in [9.17, 15) is 19.2 Å². The van der Waals surface area contributed by atoms with Gasteiger partial charge in [0.05, 0.1) is 0 Å². The number of nitrogens with one attached hydrogen (secondary N) is 2. The molecule has 0 heterocycles. The summed E-state index contributed by atoms with van der Waals surface area (Å²) in [6, 6.07) is 12.5. The molecule has 0 aliphatic carbocycles. The zero-order valence-corrected chi connectivity index (χ0v) is 16.7. The average molecular weight is 418 g/mol. The van der Waals surface area contributed by atoms with Crippen LogP contribution >= 0.6 is 11.6 Å². The number of benzene rings is 2. The molecule has 0 aliphatic rings. The first-order chi connectivity index (χ1) is 13.8. The minimum absolute atomic E-state index is 0.155. The van der Waals surface area contributed by atoms with E-state index in [1.165, 1.54) is 17.0 Å². The second kappa shape index (κ2) is 10.2. The normalized spacial score (nSPS) is 10.0. The molecule has 3 amide bonds. The molecule has 29 heavy (non-hydrogen) atoms. The molecule has 2 N–H and O–H groups in total. The minimum Gasteiger partial charge on any atom is -0.454 e. The van der Waals surface area contributed by atoms with E-state index in [0.717, 1.165) is 0 Å². The molecule has 2 aromatic carbocycles. The van der Waals surface area contributed by atoms with Gasteiger partial charge < -0.3 is 20.3 Å². The van der Waals surface area contributed by atoms with Gasteiger partial charge in [-0.05, 0) is 48.5 Å². The van der Waals surface area contributed by atoms with Gasteiger partial charge in [0.25, 0.3) is 17.7 Å². The number of carbonyl (C=O) groups is 4. The van der Waals surface area contributed by atoms with Gasteiger partial charge in [0.15, 0.2) is 6.61 Å². The number of carbonyl (C=O) groups excluding carboxylic acids is 4. The third-order valence-corrected chi connectivity index (χ3v) is 3.94. The summed E-state index contributed by atoms with van der Waals surface area (Å²) in [6.07, 6.45) is 0. The van der Waals surface area contributed by atoms with Crippen LogP contribution in [0.3, 0.4) is 0 Å². The number of nitrogens with zero attached hydrogens (tertiary/aromatic N) is 1. The average Bonchev–Trinajstić information content (AvgIpc) is 2.71. The van der Waals surface area contributed by atoms with Crippen molar-refractivity contribution in [3.05, 3.63) is 64.7 Å². The molecular formula is C20H20ClN3O5. The zero-order chi connectivity index (χ0) is 21.4. The summed E-state index contributed by atoms with van der Waals surface area (Å²) >= 11 is 5.75. The van der Waals surface area contributed by atoms with Crippen molar-refractivity contribution in [2.24, 2.45) is 0 Å². The third-order valence-electron chi connectivity index (χ3n) is 3.69. The number of anilines is 1. The number of hydrogen-bond donors (Lipinski definition) is 2. The third kappa shape index (κ3) is 6.93. The Morgan fingerprint density at radius 1 is 0.931 bits per heavy atom. The van der Waals surface area contributed by atoms with Gasteiger partial charge in [-0.2, -0.15) is 0 Å². The van der Waals surface area contributed by atoms with Crippen LogP contribution in [0.25, 0.3) is 0 Å². The Morgan fingerprint density at radius 3 is 2.10 bits per heavy atom. The molecule has 2 aromatic rings. The molecule has 152 valence electrons. The van der Waals surface area contributed by atoms with Crippen LogP contribution in [-0.2, 0) is 14.3 Å². The van der Waals surface area contributed by atoms with Crippen LogP contribution in [-0.4, -0.2) is 55.8 Å². The van der Waals surface area contributed by atoms with E-state index in [2.05, 4.69) is 10.6 Å². The van der Waals surface area contributed by atoms with Gasteiger partial charge >= 0.3 is 5.97 Å². The Hall–Kier alpha value is -3.39. The maximum Gasteiger partial charge on any atom is 0.325 e. The van der Waals surface area contributed by atoms with Crippen molar-refractivity contribution in [2.45, 2.75) is 0 Å². The largest absolute Gasteiger partial charge is 0.454 e. The fourth-order valence-electron chi connectivity index (χ4n) is 2.20.